The van der Waals surface area contributed by atoms with Gasteiger partial charge in [-0.1, -0.05) is 26.0 Å². The monoisotopic (exact) mass is 382 g/mol. The smallest absolute Gasteiger partial charge is 0.228 e. The van der Waals surface area contributed by atoms with E-state index in [1.54, 1.807) is 7.11 Å². The minimum atomic E-state index is 0.0459. The summed E-state index contributed by atoms with van der Waals surface area (Å²) in [5.41, 5.74) is 2.22. The highest BCUT2D eigenvalue weighted by atomic mass is 16.5. The minimum Gasteiger partial charge on any atom is -0.495 e. The highest BCUT2D eigenvalue weighted by molar-refractivity contribution is 5.91. The summed E-state index contributed by atoms with van der Waals surface area (Å²) in [6.45, 7) is 7.75. The van der Waals surface area contributed by atoms with Crippen LogP contribution in [0.1, 0.15) is 26.7 Å². The maximum atomic E-state index is 12.2. The molecule has 1 fully saturated rings. The average Bonchev–Trinajstić information content (AvgIpc) is 2.75. The Morgan fingerprint density at radius 1 is 1.07 bits per heavy atom. The number of carbonyl (C=O) groups excluding carboxylic acids is 1. The zero-order chi connectivity index (χ0) is 19.9. The summed E-state index contributed by atoms with van der Waals surface area (Å²) in [6.07, 6.45) is 3.54. The molecule has 0 radical (unpaired) electrons. The van der Waals surface area contributed by atoms with E-state index < -0.39 is 0 Å². The van der Waals surface area contributed by atoms with Crippen LogP contribution in [-0.4, -0.2) is 44.2 Å². The SMILES string of the molecule is CCC(CC)C(=O)Nc1ccc(N2CCN(c3ccccc3OC)CC2)cn1. The number of anilines is 3. The van der Waals surface area contributed by atoms with E-state index >= 15 is 0 Å². The van der Waals surface area contributed by atoms with E-state index in [2.05, 4.69) is 26.2 Å². The molecule has 1 aliphatic rings. The largest absolute Gasteiger partial charge is 0.495 e. The Bertz CT molecular complexity index is 766. The Labute approximate surface area is 167 Å². The molecule has 6 nitrogen and oxygen atoms in total. The molecule has 1 aromatic carbocycles. The molecule has 2 heterocycles. The van der Waals surface area contributed by atoms with Gasteiger partial charge in [-0.25, -0.2) is 4.98 Å². The number of aromatic nitrogens is 1. The lowest BCUT2D eigenvalue weighted by molar-refractivity contribution is -0.120. The molecule has 2 aromatic rings. The van der Waals surface area contributed by atoms with Crippen molar-refractivity contribution in [2.45, 2.75) is 26.7 Å². The lowest BCUT2D eigenvalue weighted by atomic mass is 10.0. The van der Waals surface area contributed by atoms with E-state index in [0.29, 0.717) is 5.82 Å². The lowest BCUT2D eigenvalue weighted by Gasteiger charge is -2.37. The molecular weight excluding hydrogens is 352 g/mol. The van der Waals surface area contributed by atoms with Crippen LogP contribution in [0.15, 0.2) is 42.6 Å². The molecule has 6 heteroatoms. The van der Waals surface area contributed by atoms with Gasteiger partial charge in [-0.2, -0.15) is 0 Å². The maximum Gasteiger partial charge on any atom is 0.228 e. The highest BCUT2D eigenvalue weighted by Gasteiger charge is 2.20. The number of hydrogen-bond acceptors (Lipinski definition) is 5. The number of hydrogen-bond donors (Lipinski definition) is 1. The molecule has 1 aromatic heterocycles. The lowest BCUT2D eigenvalue weighted by Crippen LogP contribution is -2.46. The molecular formula is C22H30N4O2. The minimum absolute atomic E-state index is 0.0459. The molecule has 3 rings (SSSR count). The number of benzene rings is 1. The van der Waals surface area contributed by atoms with E-state index in [-0.39, 0.29) is 11.8 Å². The second kappa shape index (κ2) is 9.44. The Balaban J connectivity index is 1.58. The van der Waals surface area contributed by atoms with Crippen LogP contribution in [0.2, 0.25) is 0 Å². The number of para-hydroxylation sites is 2. The molecule has 1 aliphatic heterocycles. The second-order valence-electron chi connectivity index (χ2n) is 7.05. The van der Waals surface area contributed by atoms with Crippen molar-refractivity contribution in [2.75, 3.05) is 48.4 Å². The van der Waals surface area contributed by atoms with Crippen LogP contribution in [0.25, 0.3) is 0 Å². The van der Waals surface area contributed by atoms with E-state index in [1.165, 1.54) is 0 Å². The second-order valence-corrected chi connectivity index (χ2v) is 7.05. The fourth-order valence-electron chi connectivity index (χ4n) is 3.63. The number of piperazine rings is 1. The summed E-state index contributed by atoms with van der Waals surface area (Å²) in [6, 6.07) is 12.1. The summed E-state index contributed by atoms with van der Waals surface area (Å²) in [7, 11) is 1.71. The molecule has 0 spiro atoms. The van der Waals surface area contributed by atoms with Crippen molar-refractivity contribution in [3.05, 3.63) is 42.6 Å². The number of methoxy groups -OCH3 is 1. The van der Waals surface area contributed by atoms with Crippen molar-refractivity contribution < 1.29 is 9.53 Å². The van der Waals surface area contributed by atoms with Crippen molar-refractivity contribution in [1.29, 1.82) is 0 Å². The number of amides is 1. The molecule has 0 unspecified atom stereocenters. The molecule has 0 bridgehead atoms. The van der Waals surface area contributed by atoms with Gasteiger partial charge >= 0.3 is 0 Å². The van der Waals surface area contributed by atoms with Crippen molar-refractivity contribution in [3.8, 4) is 5.75 Å². The molecule has 28 heavy (non-hydrogen) atoms. The summed E-state index contributed by atoms with van der Waals surface area (Å²) in [4.78, 5) is 21.3. The van der Waals surface area contributed by atoms with E-state index in [0.717, 1.165) is 56.1 Å². The molecule has 0 saturated carbocycles. The number of ether oxygens (including phenoxy) is 1. The van der Waals surface area contributed by atoms with Gasteiger partial charge in [0.05, 0.1) is 24.7 Å². The van der Waals surface area contributed by atoms with Crippen LogP contribution in [0.5, 0.6) is 5.75 Å². The number of nitrogens with one attached hydrogen (secondary N) is 1. The first kappa shape index (κ1) is 20.0. The molecule has 1 amide bonds. The van der Waals surface area contributed by atoms with E-state index in [4.69, 9.17) is 4.74 Å². The molecule has 0 aliphatic carbocycles. The Morgan fingerprint density at radius 3 is 2.36 bits per heavy atom. The van der Waals surface area contributed by atoms with Crippen molar-refractivity contribution >= 4 is 23.1 Å². The average molecular weight is 383 g/mol. The molecule has 150 valence electrons. The fraction of sp³-hybridized carbons (Fsp3) is 0.455. The first-order chi connectivity index (χ1) is 13.7. The third kappa shape index (κ3) is 4.55. The number of nitrogens with zero attached hydrogens (tertiary/aromatic N) is 3. The van der Waals surface area contributed by atoms with Crippen LogP contribution in [0, 0.1) is 5.92 Å². The third-order valence-electron chi connectivity index (χ3n) is 5.43. The topological polar surface area (TPSA) is 57.7 Å². The fourth-order valence-corrected chi connectivity index (χ4v) is 3.63. The van der Waals surface area contributed by atoms with Crippen LogP contribution >= 0.6 is 0 Å². The maximum absolute atomic E-state index is 12.2. The molecule has 0 atom stereocenters. The zero-order valence-corrected chi connectivity index (χ0v) is 17.0. The Morgan fingerprint density at radius 2 is 1.75 bits per heavy atom. The first-order valence-electron chi connectivity index (χ1n) is 10.1. The van der Waals surface area contributed by atoms with Gasteiger partial charge < -0.3 is 19.9 Å². The molecule has 1 saturated heterocycles. The van der Waals surface area contributed by atoms with Crippen LogP contribution < -0.4 is 19.9 Å². The Hall–Kier alpha value is -2.76. The number of rotatable bonds is 7. The predicted molar refractivity (Wildman–Crippen MR) is 114 cm³/mol. The van der Waals surface area contributed by atoms with Gasteiger partial charge in [-0.3, -0.25) is 4.79 Å². The van der Waals surface area contributed by atoms with Gasteiger partial charge in [0, 0.05) is 32.1 Å². The highest BCUT2D eigenvalue weighted by Crippen LogP contribution is 2.29. The van der Waals surface area contributed by atoms with Crippen molar-refractivity contribution in [1.82, 2.24) is 4.98 Å². The van der Waals surface area contributed by atoms with Crippen LogP contribution in [0.3, 0.4) is 0 Å². The summed E-state index contributed by atoms with van der Waals surface area (Å²) in [5, 5.41) is 2.92. The van der Waals surface area contributed by atoms with E-state index in [1.807, 2.05) is 50.4 Å². The normalized spacial score (nSPS) is 14.3. The molecule has 1 N–H and O–H groups in total. The van der Waals surface area contributed by atoms with Gasteiger partial charge in [0.25, 0.3) is 0 Å². The standard InChI is InChI=1S/C22H30N4O2/c1-4-17(5-2)22(27)24-21-11-10-18(16-23-21)25-12-14-26(15-13-25)19-8-6-7-9-20(19)28-3/h6-11,16-17H,4-5,12-15H2,1-3H3,(H,23,24,27). The zero-order valence-electron chi connectivity index (χ0n) is 17.0. The predicted octanol–water partition coefficient (Wildman–Crippen LogP) is 3.79. The summed E-state index contributed by atoms with van der Waals surface area (Å²) < 4.78 is 5.49. The quantitative estimate of drug-likeness (QED) is 0.789. The van der Waals surface area contributed by atoms with Gasteiger partial charge in [0.1, 0.15) is 11.6 Å². The van der Waals surface area contributed by atoms with Gasteiger partial charge in [-0.05, 0) is 37.1 Å². The number of pyridine rings is 1. The Kier molecular flexibility index (Phi) is 6.74. The van der Waals surface area contributed by atoms with Crippen LogP contribution in [0.4, 0.5) is 17.2 Å². The summed E-state index contributed by atoms with van der Waals surface area (Å²) >= 11 is 0. The number of carbonyl (C=O) groups is 1. The van der Waals surface area contributed by atoms with Gasteiger partial charge in [0.2, 0.25) is 5.91 Å². The third-order valence-corrected chi connectivity index (χ3v) is 5.43. The summed E-state index contributed by atoms with van der Waals surface area (Å²) in [5.74, 6) is 1.63. The van der Waals surface area contributed by atoms with Crippen molar-refractivity contribution in [2.24, 2.45) is 5.92 Å². The van der Waals surface area contributed by atoms with Gasteiger partial charge in [0.15, 0.2) is 0 Å². The van der Waals surface area contributed by atoms with Crippen LogP contribution in [-0.2, 0) is 4.79 Å². The van der Waals surface area contributed by atoms with E-state index in [9.17, 15) is 4.79 Å². The van der Waals surface area contributed by atoms with Gasteiger partial charge in [-0.15, -0.1) is 0 Å². The first-order valence-corrected chi connectivity index (χ1v) is 10.1. The van der Waals surface area contributed by atoms with Crippen molar-refractivity contribution in [3.63, 3.8) is 0 Å².